The summed E-state index contributed by atoms with van der Waals surface area (Å²) in [5.74, 6) is 0. The third-order valence-corrected chi connectivity index (χ3v) is 3.48. The molecule has 0 bridgehead atoms. The van der Waals surface area contributed by atoms with Crippen LogP contribution in [-0.2, 0) is 0 Å². The molecule has 100 valence electrons. The number of rotatable bonds is 2. The molecule has 3 nitrogen and oxygen atoms in total. The summed E-state index contributed by atoms with van der Waals surface area (Å²) in [6, 6.07) is 20.2. The Labute approximate surface area is 123 Å². The number of hydrogen-bond donors (Lipinski definition) is 1. The van der Waals surface area contributed by atoms with Crippen molar-refractivity contribution in [2.75, 3.05) is 11.9 Å². The molecule has 2 aromatic carbocycles. The fraction of sp³-hybridized carbons (Fsp3) is 0.125. The molecule has 4 heteroatoms. The lowest BCUT2D eigenvalue weighted by atomic mass is 10.1. The van der Waals surface area contributed by atoms with E-state index in [4.69, 9.17) is 12.2 Å². The zero-order valence-electron chi connectivity index (χ0n) is 11.0. The lowest BCUT2D eigenvalue weighted by Crippen LogP contribution is -2.28. The topological polar surface area (TPSA) is 27.6 Å². The first-order valence-electron chi connectivity index (χ1n) is 6.59. The molecular formula is C16H15N3S. The predicted octanol–water partition coefficient (Wildman–Crippen LogP) is 3.49. The lowest BCUT2D eigenvalue weighted by Gasteiger charge is -2.16. The van der Waals surface area contributed by atoms with Crippen molar-refractivity contribution >= 4 is 28.7 Å². The van der Waals surface area contributed by atoms with Crippen molar-refractivity contribution in [3.63, 3.8) is 0 Å². The number of para-hydroxylation sites is 1. The summed E-state index contributed by atoms with van der Waals surface area (Å²) in [6.45, 7) is 0.822. The maximum atomic E-state index is 5.41. The highest BCUT2D eigenvalue weighted by molar-refractivity contribution is 7.80. The quantitative estimate of drug-likeness (QED) is 0.854. The van der Waals surface area contributed by atoms with Crippen molar-refractivity contribution in [3.05, 3.63) is 66.2 Å². The van der Waals surface area contributed by atoms with Gasteiger partial charge in [0.25, 0.3) is 0 Å². The molecule has 0 spiro atoms. The molecule has 0 aliphatic carbocycles. The van der Waals surface area contributed by atoms with Crippen LogP contribution in [0.5, 0.6) is 0 Å². The minimum Gasteiger partial charge on any atom is -0.331 e. The van der Waals surface area contributed by atoms with Gasteiger partial charge in [-0.2, -0.15) is 5.10 Å². The van der Waals surface area contributed by atoms with Gasteiger partial charge in [0.15, 0.2) is 5.11 Å². The summed E-state index contributed by atoms with van der Waals surface area (Å²) in [6.07, 6.45) is 0.917. The van der Waals surface area contributed by atoms with E-state index in [1.165, 1.54) is 0 Å². The van der Waals surface area contributed by atoms with Crippen LogP contribution in [0.2, 0.25) is 0 Å². The van der Waals surface area contributed by atoms with Gasteiger partial charge in [0.1, 0.15) is 0 Å². The molecule has 20 heavy (non-hydrogen) atoms. The number of nitrogens with one attached hydrogen (secondary N) is 1. The zero-order valence-corrected chi connectivity index (χ0v) is 11.8. The molecule has 1 aliphatic heterocycles. The molecule has 1 aliphatic rings. The van der Waals surface area contributed by atoms with E-state index >= 15 is 0 Å². The minimum absolute atomic E-state index is 0.641. The van der Waals surface area contributed by atoms with Crippen LogP contribution in [0, 0.1) is 0 Å². The van der Waals surface area contributed by atoms with E-state index in [-0.39, 0.29) is 0 Å². The molecule has 3 rings (SSSR count). The predicted molar refractivity (Wildman–Crippen MR) is 87.0 cm³/mol. The van der Waals surface area contributed by atoms with Crippen molar-refractivity contribution in [1.82, 2.24) is 5.01 Å². The molecule has 0 saturated carbocycles. The average Bonchev–Trinajstić information content (AvgIpc) is 2.99. The fourth-order valence-corrected chi connectivity index (χ4v) is 2.40. The van der Waals surface area contributed by atoms with E-state index in [1.54, 1.807) is 0 Å². The van der Waals surface area contributed by atoms with E-state index in [2.05, 4.69) is 22.6 Å². The molecule has 0 radical (unpaired) electrons. The highest BCUT2D eigenvalue weighted by Crippen LogP contribution is 2.15. The fourth-order valence-electron chi connectivity index (χ4n) is 2.15. The van der Waals surface area contributed by atoms with E-state index in [9.17, 15) is 0 Å². The van der Waals surface area contributed by atoms with Crippen LogP contribution in [0.15, 0.2) is 65.8 Å². The van der Waals surface area contributed by atoms with Crippen molar-refractivity contribution in [2.24, 2.45) is 5.10 Å². The Morgan fingerprint density at radius 3 is 2.35 bits per heavy atom. The summed E-state index contributed by atoms with van der Waals surface area (Å²) >= 11 is 5.41. The number of anilines is 1. The van der Waals surface area contributed by atoms with Crippen molar-refractivity contribution in [2.45, 2.75) is 6.42 Å². The van der Waals surface area contributed by atoms with Crippen molar-refractivity contribution in [1.29, 1.82) is 0 Å². The molecule has 0 atom stereocenters. The maximum absolute atomic E-state index is 5.41. The Morgan fingerprint density at radius 1 is 1.00 bits per heavy atom. The van der Waals surface area contributed by atoms with Gasteiger partial charge in [-0.1, -0.05) is 48.5 Å². The molecular weight excluding hydrogens is 266 g/mol. The Balaban J connectivity index is 1.70. The Kier molecular flexibility index (Phi) is 3.74. The van der Waals surface area contributed by atoms with Gasteiger partial charge in [0, 0.05) is 18.7 Å². The van der Waals surface area contributed by atoms with Gasteiger partial charge in [-0.05, 0) is 29.9 Å². The van der Waals surface area contributed by atoms with E-state index in [1.807, 2.05) is 53.5 Å². The summed E-state index contributed by atoms with van der Waals surface area (Å²) < 4.78 is 0. The van der Waals surface area contributed by atoms with Gasteiger partial charge in [0.05, 0.1) is 5.71 Å². The largest absolute Gasteiger partial charge is 0.331 e. The molecule has 0 amide bonds. The molecule has 0 unspecified atom stereocenters. The van der Waals surface area contributed by atoms with Crippen LogP contribution >= 0.6 is 12.2 Å². The van der Waals surface area contributed by atoms with Gasteiger partial charge < -0.3 is 5.32 Å². The maximum Gasteiger partial charge on any atom is 0.194 e. The number of thiocarbonyl (C=S) groups is 1. The highest BCUT2D eigenvalue weighted by atomic mass is 32.1. The first kappa shape index (κ1) is 12.8. The smallest absolute Gasteiger partial charge is 0.194 e. The molecule has 1 heterocycles. The first-order valence-corrected chi connectivity index (χ1v) is 7.00. The lowest BCUT2D eigenvalue weighted by molar-refractivity contribution is 0.499. The summed E-state index contributed by atoms with van der Waals surface area (Å²) in [4.78, 5) is 0. The van der Waals surface area contributed by atoms with Gasteiger partial charge in [0.2, 0.25) is 0 Å². The Morgan fingerprint density at radius 2 is 1.65 bits per heavy atom. The van der Waals surface area contributed by atoms with Crippen LogP contribution in [0.25, 0.3) is 0 Å². The van der Waals surface area contributed by atoms with Gasteiger partial charge >= 0.3 is 0 Å². The third-order valence-electron chi connectivity index (χ3n) is 3.17. The van der Waals surface area contributed by atoms with E-state index < -0.39 is 0 Å². The SMILES string of the molecule is S=C(Nc1ccccc1)N1CCC(c2ccccc2)=N1. The summed E-state index contributed by atoms with van der Waals surface area (Å²) in [5, 5.41) is 10.3. The zero-order chi connectivity index (χ0) is 13.8. The summed E-state index contributed by atoms with van der Waals surface area (Å²) in [5.41, 5.74) is 3.24. The van der Waals surface area contributed by atoms with Crippen molar-refractivity contribution in [3.8, 4) is 0 Å². The first-order chi connectivity index (χ1) is 9.83. The van der Waals surface area contributed by atoms with E-state index in [0.29, 0.717) is 5.11 Å². The summed E-state index contributed by atoms with van der Waals surface area (Å²) in [7, 11) is 0. The standard InChI is InChI=1S/C16H15N3S/c20-16(17-14-9-5-2-6-10-14)19-12-11-15(18-19)13-7-3-1-4-8-13/h1-10H,11-12H2,(H,17,20). The van der Waals surface area contributed by atoms with Gasteiger partial charge in [-0.25, -0.2) is 5.01 Å². The third kappa shape index (κ3) is 2.86. The monoisotopic (exact) mass is 281 g/mol. The molecule has 2 aromatic rings. The molecule has 1 N–H and O–H groups in total. The van der Waals surface area contributed by atoms with Crippen LogP contribution in [-0.4, -0.2) is 22.4 Å². The normalized spacial score (nSPS) is 14.0. The van der Waals surface area contributed by atoms with E-state index in [0.717, 1.165) is 29.9 Å². The van der Waals surface area contributed by atoms with Crippen LogP contribution in [0.4, 0.5) is 5.69 Å². The number of hydrazone groups is 1. The van der Waals surface area contributed by atoms with Gasteiger partial charge in [-0.3, -0.25) is 0 Å². The minimum atomic E-state index is 0.641. The number of hydrogen-bond acceptors (Lipinski definition) is 2. The molecule has 0 saturated heterocycles. The van der Waals surface area contributed by atoms with Crippen LogP contribution in [0.1, 0.15) is 12.0 Å². The van der Waals surface area contributed by atoms with Crippen molar-refractivity contribution < 1.29 is 0 Å². The second-order valence-electron chi connectivity index (χ2n) is 4.58. The molecule has 0 aromatic heterocycles. The number of nitrogens with zero attached hydrogens (tertiary/aromatic N) is 2. The average molecular weight is 281 g/mol. The molecule has 0 fully saturated rings. The highest BCUT2D eigenvalue weighted by Gasteiger charge is 2.18. The Hall–Kier alpha value is -2.20. The second-order valence-corrected chi connectivity index (χ2v) is 4.97. The Bertz CT molecular complexity index is 623. The van der Waals surface area contributed by atoms with Crippen LogP contribution in [0.3, 0.4) is 0 Å². The van der Waals surface area contributed by atoms with Crippen LogP contribution < -0.4 is 5.32 Å². The second kappa shape index (κ2) is 5.84. The number of benzene rings is 2. The van der Waals surface area contributed by atoms with Gasteiger partial charge in [-0.15, -0.1) is 0 Å².